The average Bonchev–Trinajstić information content (AvgIpc) is 2.77. The van der Waals surface area contributed by atoms with E-state index in [1.807, 2.05) is 0 Å². The highest BCUT2D eigenvalue weighted by atomic mass is 32.2. The van der Waals surface area contributed by atoms with Crippen LogP contribution in [0.3, 0.4) is 0 Å². The lowest BCUT2D eigenvalue weighted by Crippen LogP contribution is -2.34. The smallest absolute Gasteiger partial charge is 0.329 e. The molecular weight excluding hydrogens is 270 g/mol. The van der Waals surface area contributed by atoms with Crippen LogP contribution in [0, 0.1) is 6.92 Å². The summed E-state index contributed by atoms with van der Waals surface area (Å²) in [7, 11) is 0. The summed E-state index contributed by atoms with van der Waals surface area (Å²) in [6.07, 6.45) is 1.96. The van der Waals surface area contributed by atoms with Gasteiger partial charge in [0, 0.05) is 21.9 Å². The number of aromatic amines is 1. The summed E-state index contributed by atoms with van der Waals surface area (Å²) < 4.78 is 1.36. The maximum absolute atomic E-state index is 11.8. The molecule has 2 rings (SSSR count). The van der Waals surface area contributed by atoms with Crippen LogP contribution in [0.15, 0.2) is 20.9 Å². The lowest BCUT2D eigenvalue weighted by atomic mass is 10.1. The Morgan fingerprint density at radius 1 is 1.68 bits per heavy atom. The number of aliphatic hydroxyl groups excluding tert-OH is 1. The van der Waals surface area contributed by atoms with Crippen LogP contribution in [-0.4, -0.2) is 32.6 Å². The Bertz CT molecular complexity index is 633. The molecule has 1 fully saturated rings. The maximum atomic E-state index is 11.8. The number of aliphatic hydroxyl groups is 1. The number of nitrogens with one attached hydrogen (secondary N) is 1. The third kappa shape index (κ3) is 2.67. The summed E-state index contributed by atoms with van der Waals surface area (Å²) in [5.74, 6) is 0. The summed E-state index contributed by atoms with van der Waals surface area (Å²) in [6, 6.07) is -0.421. The van der Waals surface area contributed by atoms with E-state index in [-0.39, 0.29) is 11.9 Å². The largest absolute Gasteiger partial charge is 0.395 e. The van der Waals surface area contributed by atoms with Gasteiger partial charge in [0.2, 0.25) is 0 Å². The van der Waals surface area contributed by atoms with Gasteiger partial charge < -0.3 is 5.11 Å². The Hall–Kier alpha value is -1.70. The van der Waals surface area contributed by atoms with Gasteiger partial charge in [-0.1, -0.05) is 5.11 Å². The number of hydrogen-bond donors (Lipinski definition) is 2. The summed E-state index contributed by atoms with van der Waals surface area (Å²) >= 11 is 1.37. The van der Waals surface area contributed by atoms with E-state index in [4.69, 9.17) is 5.53 Å². The number of aryl methyl sites for hydroxylation is 1. The second-order valence-electron chi connectivity index (χ2n) is 4.32. The van der Waals surface area contributed by atoms with E-state index in [0.29, 0.717) is 12.0 Å². The van der Waals surface area contributed by atoms with Crippen molar-refractivity contribution in [3.63, 3.8) is 0 Å². The molecule has 1 aliphatic rings. The first-order chi connectivity index (χ1) is 9.06. The summed E-state index contributed by atoms with van der Waals surface area (Å²) in [6.45, 7) is 1.55. The Kier molecular flexibility index (Phi) is 3.98. The van der Waals surface area contributed by atoms with Crippen molar-refractivity contribution in [3.8, 4) is 0 Å². The normalized spacial score (nSPS) is 26.1. The zero-order valence-corrected chi connectivity index (χ0v) is 11.0. The molecule has 0 radical (unpaired) electrons. The van der Waals surface area contributed by atoms with Crippen molar-refractivity contribution in [2.75, 3.05) is 6.61 Å². The molecule has 0 unspecified atom stereocenters. The number of rotatable bonds is 3. The first-order valence-corrected chi connectivity index (χ1v) is 6.63. The fourth-order valence-electron chi connectivity index (χ4n) is 2.04. The van der Waals surface area contributed by atoms with E-state index >= 15 is 0 Å². The van der Waals surface area contributed by atoms with Gasteiger partial charge >= 0.3 is 5.69 Å². The fraction of sp³-hybridized carbons (Fsp3) is 0.600. The minimum absolute atomic E-state index is 0.0459. The van der Waals surface area contributed by atoms with E-state index in [2.05, 4.69) is 15.0 Å². The highest BCUT2D eigenvalue weighted by molar-refractivity contribution is 8.00. The van der Waals surface area contributed by atoms with Crippen LogP contribution in [0.2, 0.25) is 0 Å². The molecule has 0 amide bonds. The summed E-state index contributed by atoms with van der Waals surface area (Å²) in [4.78, 5) is 28.2. The van der Waals surface area contributed by atoms with Crippen molar-refractivity contribution in [1.29, 1.82) is 0 Å². The van der Waals surface area contributed by atoms with Crippen LogP contribution in [0.1, 0.15) is 17.4 Å². The van der Waals surface area contributed by atoms with Crippen molar-refractivity contribution in [2.45, 2.75) is 30.0 Å². The molecule has 0 aromatic carbocycles. The first kappa shape index (κ1) is 13.7. The predicted molar refractivity (Wildman–Crippen MR) is 71.1 cm³/mol. The molecule has 0 spiro atoms. The van der Waals surface area contributed by atoms with Crippen LogP contribution < -0.4 is 11.2 Å². The molecule has 102 valence electrons. The molecule has 0 saturated carbocycles. The van der Waals surface area contributed by atoms with Gasteiger partial charge in [0.25, 0.3) is 5.56 Å². The van der Waals surface area contributed by atoms with Gasteiger partial charge in [-0.25, -0.2) is 4.79 Å². The van der Waals surface area contributed by atoms with Gasteiger partial charge in [-0.2, -0.15) is 0 Å². The second kappa shape index (κ2) is 5.52. The Morgan fingerprint density at radius 3 is 3.05 bits per heavy atom. The van der Waals surface area contributed by atoms with Crippen LogP contribution in [0.25, 0.3) is 10.4 Å². The molecule has 8 nitrogen and oxygen atoms in total. The second-order valence-corrected chi connectivity index (χ2v) is 5.74. The van der Waals surface area contributed by atoms with Crippen LogP contribution in [-0.2, 0) is 0 Å². The SMILES string of the molecule is Cc1cn([C@@H]2S[C@H](CO)C[C@@H]2N=[N+]=[N-])c(=O)[nH]c1=O. The molecule has 0 aliphatic carbocycles. The monoisotopic (exact) mass is 283 g/mol. The number of H-pyrrole nitrogens is 1. The van der Waals surface area contributed by atoms with Gasteiger partial charge in [-0.05, 0) is 18.9 Å². The lowest BCUT2D eigenvalue weighted by molar-refractivity contribution is 0.289. The molecule has 1 aromatic heterocycles. The first-order valence-electron chi connectivity index (χ1n) is 5.69. The zero-order valence-electron chi connectivity index (χ0n) is 10.2. The molecule has 1 saturated heterocycles. The fourth-order valence-corrected chi connectivity index (χ4v) is 3.47. The Morgan fingerprint density at radius 2 is 2.42 bits per heavy atom. The zero-order chi connectivity index (χ0) is 14.0. The standard InChI is InChI=1S/C10H13N5O3S/c1-5-3-15(10(18)12-8(5)17)9-7(13-14-11)2-6(4-16)19-9/h3,6-7,9,16H,2,4H2,1H3,(H,12,17,18)/t6-,7-,9+/m0/s1. The molecule has 3 atom stereocenters. The van der Waals surface area contributed by atoms with E-state index in [0.717, 1.165) is 0 Å². The van der Waals surface area contributed by atoms with E-state index in [9.17, 15) is 14.7 Å². The van der Waals surface area contributed by atoms with Crippen LogP contribution in [0.4, 0.5) is 0 Å². The molecule has 1 aromatic rings. The summed E-state index contributed by atoms with van der Waals surface area (Å²) in [5, 5.41) is 12.4. The molecule has 19 heavy (non-hydrogen) atoms. The van der Waals surface area contributed by atoms with Crippen LogP contribution >= 0.6 is 11.8 Å². The van der Waals surface area contributed by atoms with Gasteiger partial charge in [0.1, 0.15) is 0 Å². The molecular formula is C10H13N5O3S. The van der Waals surface area contributed by atoms with Crippen molar-refractivity contribution in [2.24, 2.45) is 5.11 Å². The number of aromatic nitrogens is 2. The van der Waals surface area contributed by atoms with Crippen LogP contribution in [0.5, 0.6) is 0 Å². The minimum atomic E-state index is -0.537. The molecule has 1 aliphatic heterocycles. The summed E-state index contributed by atoms with van der Waals surface area (Å²) in [5.41, 5.74) is 8.00. The van der Waals surface area contributed by atoms with Crippen molar-refractivity contribution in [1.82, 2.24) is 9.55 Å². The molecule has 9 heteroatoms. The predicted octanol–water partition coefficient (Wildman–Crippen LogP) is 0.520. The molecule has 0 bridgehead atoms. The quantitative estimate of drug-likeness (QED) is 0.476. The van der Waals surface area contributed by atoms with E-state index in [1.165, 1.54) is 22.5 Å². The third-order valence-electron chi connectivity index (χ3n) is 2.99. The molecule has 2 heterocycles. The van der Waals surface area contributed by atoms with Gasteiger partial charge in [0.05, 0.1) is 18.0 Å². The maximum Gasteiger partial charge on any atom is 0.329 e. The third-order valence-corrected chi connectivity index (χ3v) is 4.54. The van der Waals surface area contributed by atoms with Crippen molar-refractivity contribution < 1.29 is 5.11 Å². The number of azide groups is 1. The highest BCUT2D eigenvalue weighted by Gasteiger charge is 2.36. The number of hydrogen-bond acceptors (Lipinski definition) is 5. The molecule has 2 N–H and O–H groups in total. The van der Waals surface area contributed by atoms with Crippen molar-refractivity contribution in [3.05, 3.63) is 43.0 Å². The minimum Gasteiger partial charge on any atom is -0.395 e. The Labute approximate surface area is 112 Å². The van der Waals surface area contributed by atoms with Gasteiger partial charge in [-0.15, -0.1) is 11.8 Å². The van der Waals surface area contributed by atoms with Gasteiger partial charge in [-0.3, -0.25) is 14.3 Å². The van der Waals surface area contributed by atoms with E-state index in [1.54, 1.807) is 6.92 Å². The van der Waals surface area contributed by atoms with E-state index < -0.39 is 22.7 Å². The average molecular weight is 283 g/mol. The number of nitrogens with zero attached hydrogens (tertiary/aromatic N) is 4. The highest BCUT2D eigenvalue weighted by Crippen LogP contribution is 2.42. The van der Waals surface area contributed by atoms with Gasteiger partial charge in [0.15, 0.2) is 0 Å². The Balaban J connectivity index is 2.44. The van der Waals surface area contributed by atoms with Crippen molar-refractivity contribution >= 4 is 11.8 Å². The number of thioether (sulfide) groups is 1. The lowest BCUT2D eigenvalue weighted by Gasteiger charge is -2.17. The topological polar surface area (TPSA) is 124 Å².